The molecule has 0 aromatic heterocycles. The van der Waals surface area contributed by atoms with E-state index in [-0.39, 0.29) is 12.5 Å². The summed E-state index contributed by atoms with van der Waals surface area (Å²) in [7, 11) is 0. The fourth-order valence-electron chi connectivity index (χ4n) is 2.68. The zero-order valence-corrected chi connectivity index (χ0v) is 12.9. The lowest BCUT2D eigenvalue weighted by Crippen LogP contribution is -2.25. The average Bonchev–Trinajstić information content (AvgIpc) is 2.55. The van der Waals surface area contributed by atoms with E-state index in [1.807, 2.05) is 56.1 Å². The molecule has 0 atom stereocenters. The molecular weight excluding hydrogens is 270 g/mol. The molecule has 0 unspecified atom stereocenters. The highest BCUT2D eigenvalue weighted by Gasteiger charge is 2.10. The van der Waals surface area contributed by atoms with E-state index in [1.165, 1.54) is 5.56 Å². The van der Waals surface area contributed by atoms with Crippen molar-refractivity contribution in [2.45, 2.75) is 13.6 Å². The number of halogens is 1. The molecular formula is C20H18BF. The lowest BCUT2D eigenvalue weighted by atomic mass is 9.49. The lowest BCUT2D eigenvalue weighted by molar-refractivity contribution is 0.636. The monoisotopic (exact) mass is 288 g/mol. The van der Waals surface area contributed by atoms with E-state index in [1.54, 1.807) is 6.07 Å². The second kappa shape index (κ2) is 6.19. The minimum atomic E-state index is -0.127. The molecule has 3 rings (SSSR count). The Bertz CT molecular complexity index is 779. The minimum Gasteiger partial charge on any atom is -0.208 e. The van der Waals surface area contributed by atoms with Crippen LogP contribution in [-0.2, 0) is 0 Å². The Morgan fingerprint density at radius 2 is 1.23 bits per heavy atom. The molecule has 0 aliphatic carbocycles. The van der Waals surface area contributed by atoms with Crippen LogP contribution in [0.4, 0.5) is 4.39 Å². The third-order valence-corrected chi connectivity index (χ3v) is 3.93. The normalized spacial score (nSPS) is 10.5. The quantitative estimate of drug-likeness (QED) is 0.587. The molecule has 2 heteroatoms. The highest BCUT2D eigenvalue weighted by Crippen LogP contribution is 2.26. The second-order valence-electron chi connectivity index (χ2n) is 5.84. The number of rotatable bonds is 3. The fraction of sp³-hybridized carbons (Fsp3) is 0.100. The van der Waals surface area contributed by atoms with Crippen LogP contribution in [0.3, 0.4) is 0 Å². The van der Waals surface area contributed by atoms with Crippen molar-refractivity contribution in [3.05, 3.63) is 78.6 Å². The van der Waals surface area contributed by atoms with E-state index < -0.39 is 0 Å². The van der Waals surface area contributed by atoms with Crippen molar-refractivity contribution >= 4 is 12.2 Å². The highest BCUT2D eigenvalue weighted by atomic mass is 19.1. The van der Waals surface area contributed by atoms with Crippen molar-refractivity contribution in [2.75, 3.05) is 0 Å². The van der Waals surface area contributed by atoms with Gasteiger partial charge in [0.05, 0.1) is 0 Å². The van der Waals surface area contributed by atoms with Gasteiger partial charge in [-0.3, -0.25) is 0 Å². The van der Waals surface area contributed by atoms with Crippen LogP contribution in [0.25, 0.3) is 22.3 Å². The molecule has 0 saturated carbocycles. The molecule has 0 heterocycles. The lowest BCUT2D eigenvalue weighted by Gasteiger charge is -2.09. The van der Waals surface area contributed by atoms with Crippen LogP contribution in [0.5, 0.6) is 0 Å². The summed E-state index contributed by atoms with van der Waals surface area (Å²) in [4.78, 5) is 0. The van der Waals surface area contributed by atoms with E-state index in [9.17, 15) is 4.39 Å². The third kappa shape index (κ3) is 2.96. The van der Waals surface area contributed by atoms with Gasteiger partial charge >= 0.3 is 0 Å². The molecule has 0 nitrogen and oxygen atoms in total. The van der Waals surface area contributed by atoms with Gasteiger partial charge in [-0.2, -0.15) is 0 Å². The summed E-state index contributed by atoms with van der Waals surface area (Å²) in [5.74, 6) is -0.127. The first-order chi connectivity index (χ1) is 10.6. The Hall–Kier alpha value is -2.35. The van der Waals surface area contributed by atoms with Crippen LogP contribution in [0.2, 0.25) is 13.6 Å². The first kappa shape index (κ1) is 14.6. The summed E-state index contributed by atoms with van der Waals surface area (Å²) in [5, 5.41) is 0. The van der Waals surface area contributed by atoms with Gasteiger partial charge in [0.1, 0.15) is 5.82 Å². The van der Waals surface area contributed by atoms with Crippen molar-refractivity contribution in [1.82, 2.24) is 0 Å². The molecule has 0 aliphatic heterocycles. The molecule has 0 aliphatic rings. The maximum atomic E-state index is 14.2. The molecule has 0 N–H and O–H groups in total. The molecule has 3 aromatic rings. The standard InChI is InChI=1S/C20H18BF/c1-21(2)19-12-11-18(14-20(19)22)17-10-6-9-16(13-17)15-7-4-3-5-8-15/h3-14H,1-2H3. The van der Waals surface area contributed by atoms with E-state index in [4.69, 9.17) is 0 Å². The van der Waals surface area contributed by atoms with Crippen molar-refractivity contribution in [2.24, 2.45) is 0 Å². The fourth-order valence-corrected chi connectivity index (χ4v) is 2.68. The van der Waals surface area contributed by atoms with Gasteiger partial charge in [0.2, 0.25) is 0 Å². The van der Waals surface area contributed by atoms with Crippen LogP contribution in [0.1, 0.15) is 0 Å². The molecule has 3 aromatic carbocycles. The Labute approximate surface area is 131 Å². The van der Waals surface area contributed by atoms with Gasteiger partial charge in [0.25, 0.3) is 0 Å². The zero-order chi connectivity index (χ0) is 15.5. The number of hydrogen-bond donors (Lipinski definition) is 0. The maximum Gasteiger partial charge on any atom is 0.173 e. The third-order valence-electron chi connectivity index (χ3n) is 3.93. The van der Waals surface area contributed by atoms with Crippen molar-refractivity contribution < 1.29 is 4.39 Å². The van der Waals surface area contributed by atoms with Gasteiger partial charge in [-0.15, -0.1) is 0 Å². The molecule has 0 radical (unpaired) electrons. The number of hydrogen-bond acceptors (Lipinski definition) is 0. The Kier molecular flexibility index (Phi) is 4.10. The molecule has 0 fully saturated rings. The average molecular weight is 288 g/mol. The predicted molar refractivity (Wildman–Crippen MR) is 94.4 cm³/mol. The van der Waals surface area contributed by atoms with Crippen molar-refractivity contribution in [3.8, 4) is 22.3 Å². The van der Waals surface area contributed by atoms with Crippen LogP contribution in [-0.4, -0.2) is 6.71 Å². The van der Waals surface area contributed by atoms with Crippen LogP contribution in [0, 0.1) is 5.82 Å². The van der Waals surface area contributed by atoms with Crippen LogP contribution >= 0.6 is 0 Å². The SMILES string of the molecule is CB(C)c1ccc(-c2cccc(-c3ccccc3)c2)cc1F. The first-order valence-electron chi connectivity index (χ1n) is 7.60. The molecule has 0 saturated heterocycles. The molecule has 0 amide bonds. The minimum absolute atomic E-state index is 0.127. The maximum absolute atomic E-state index is 14.2. The highest BCUT2D eigenvalue weighted by molar-refractivity contribution is 6.70. The summed E-state index contributed by atoms with van der Waals surface area (Å²) >= 11 is 0. The predicted octanol–water partition coefficient (Wildman–Crippen LogP) is 5.12. The Morgan fingerprint density at radius 1 is 0.636 bits per heavy atom. The summed E-state index contributed by atoms with van der Waals surface area (Å²) in [6, 6.07) is 24.0. The van der Waals surface area contributed by atoms with Crippen LogP contribution in [0.15, 0.2) is 72.8 Å². The van der Waals surface area contributed by atoms with Gasteiger partial charge < -0.3 is 0 Å². The number of benzene rings is 3. The van der Waals surface area contributed by atoms with E-state index in [0.717, 1.165) is 22.2 Å². The van der Waals surface area contributed by atoms with Gasteiger partial charge in [-0.1, -0.05) is 74.3 Å². The molecule has 22 heavy (non-hydrogen) atoms. The Morgan fingerprint density at radius 3 is 1.86 bits per heavy atom. The second-order valence-corrected chi connectivity index (χ2v) is 5.84. The zero-order valence-electron chi connectivity index (χ0n) is 12.9. The van der Waals surface area contributed by atoms with E-state index in [0.29, 0.717) is 0 Å². The van der Waals surface area contributed by atoms with Gasteiger partial charge in [-0.25, -0.2) is 4.39 Å². The largest absolute Gasteiger partial charge is 0.208 e. The molecule has 0 spiro atoms. The summed E-state index contributed by atoms with van der Waals surface area (Å²) in [5.41, 5.74) is 5.04. The van der Waals surface area contributed by atoms with E-state index in [2.05, 4.69) is 24.3 Å². The molecule has 108 valence electrons. The summed E-state index contributed by atoms with van der Waals surface area (Å²) in [6.45, 7) is 4.21. The van der Waals surface area contributed by atoms with Crippen LogP contribution < -0.4 is 5.46 Å². The first-order valence-corrected chi connectivity index (χ1v) is 7.60. The smallest absolute Gasteiger partial charge is 0.173 e. The van der Waals surface area contributed by atoms with Crippen molar-refractivity contribution in [1.29, 1.82) is 0 Å². The summed E-state index contributed by atoms with van der Waals surface area (Å²) < 4.78 is 14.2. The van der Waals surface area contributed by atoms with Crippen molar-refractivity contribution in [3.63, 3.8) is 0 Å². The Balaban J connectivity index is 2.01. The molecule has 0 bridgehead atoms. The van der Waals surface area contributed by atoms with Gasteiger partial charge in [0.15, 0.2) is 6.71 Å². The summed E-state index contributed by atoms with van der Waals surface area (Å²) in [6.07, 6.45) is 0. The van der Waals surface area contributed by atoms with Gasteiger partial charge in [0, 0.05) is 0 Å². The van der Waals surface area contributed by atoms with E-state index >= 15 is 0 Å². The topological polar surface area (TPSA) is 0 Å². The van der Waals surface area contributed by atoms with Gasteiger partial charge in [-0.05, 0) is 39.8 Å².